The number of hydrogen-bond acceptors (Lipinski definition) is 5. The van der Waals surface area contributed by atoms with Gasteiger partial charge in [-0.2, -0.15) is 8.78 Å². The molecule has 1 atom stereocenters. The average molecular weight is 443 g/mol. The first kappa shape index (κ1) is 25.1. The monoisotopic (exact) mass is 442 g/mol. The molecule has 0 saturated carbocycles. The van der Waals surface area contributed by atoms with E-state index in [1.54, 1.807) is 19.2 Å². The molecule has 0 radical (unpaired) electrons. The first-order valence-corrected chi connectivity index (χ1v) is 10.8. The topological polar surface area (TPSA) is 67.4 Å². The Labute approximate surface area is 184 Å². The summed E-state index contributed by atoms with van der Waals surface area (Å²) in [5.41, 5.74) is 0.866. The molecule has 1 unspecified atom stereocenters. The Morgan fingerprint density at radius 3 is 2.55 bits per heavy atom. The third-order valence-corrected chi connectivity index (χ3v) is 5.18. The highest BCUT2D eigenvalue weighted by molar-refractivity contribution is 5.79. The normalized spacial score (nSPS) is 16.5. The number of rotatable bonds is 11. The maximum atomic E-state index is 12.6. The molecule has 31 heavy (non-hydrogen) atoms. The zero-order chi connectivity index (χ0) is 22.6. The number of nitrogens with one attached hydrogen (secondary N) is 2. The molecule has 9 heteroatoms. The van der Waals surface area contributed by atoms with Crippen molar-refractivity contribution in [2.24, 2.45) is 10.9 Å². The zero-order valence-corrected chi connectivity index (χ0v) is 19.0. The second-order valence-corrected chi connectivity index (χ2v) is 7.93. The van der Waals surface area contributed by atoms with E-state index >= 15 is 0 Å². The fourth-order valence-corrected chi connectivity index (χ4v) is 3.67. The molecule has 2 rings (SSSR count). The number of ether oxygens (including phenoxy) is 3. The van der Waals surface area contributed by atoms with E-state index in [9.17, 15) is 8.78 Å². The van der Waals surface area contributed by atoms with Gasteiger partial charge in [-0.05, 0) is 36.5 Å². The number of hydrogen-bond donors (Lipinski definition) is 2. The molecule has 0 amide bonds. The van der Waals surface area contributed by atoms with E-state index < -0.39 is 6.61 Å². The highest BCUT2D eigenvalue weighted by Crippen LogP contribution is 2.29. The highest BCUT2D eigenvalue weighted by Gasteiger charge is 2.22. The molecule has 1 heterocycles. The zero-order valence-electron chi connectivity index (χ0n) is 19.0. The van der Waals surface area contributed by atoms with E-state index in [2.05, 4.69) is 39.1 Å². The van der Waals surface area contributed by atoms with Gasteiger partial charge in [-0.25, -0.2) is 0 Å². The molecular formula is C22H36F2N4O3. The Balaban J connectivity index is 1.86. The first-order valence-electron chi connectivity index (χ1n) is 10.8. The molecule has 0 bridgehead atoms. The molecule has 1 aromatic rings. The van der Waals surface area contributed by atoms with Gasteiger partial charge in [-0.1, -0.05) is 19.9 Å². The van der Waals surface area contributed by atoms with E-state index in [4.69, 9.17) is 9.47 Å². The van der Waals surface area contributed by atoms with Crippen LogP contribution in [0.25, 0.3) is 0 Å². The molecular weight excluding hydrogens is 406 g/mol. The Morgan fingerprint density at radius 2 is 1.94 bits per heavy atom. The number of nitrogens with zero attached hydrogens (tertiary/aromatic N) is 2. The largest absolute Gasteiger partial charge is 0.493 e. The SMILES string of the molecule is CN=C(NCCc1ccc(OC)c(OC(F)F)c1)NCC(CC(C)C)N1CCOCC1. The van der Waals surface area contributed by atoms with E-state index in [1.807, 2.05) is 6.07 Å². The molecule has 1 saturated heterocycles. The standard InChI is InChI=1S/C22H36F2N4O3/c1-16(2)13-18(28-9-11-30-12-10-28)15-27-22(25-3)26-8-7-17-5-6-19(29-4)20(14-17)31-21(23)24/h5-6,14,16,18,21H,7-13,15H2,1-4H3,(H2,25,26,27). The molecule has 1 aliphatic heterocycles. The van der Waals surface area contributed by atoms with Gasteiger partial charge in [0.25, 0.3) is 0 Å². The maximum absolute atomic E-state index is 12.6. The Kier molecular flexibility index (Phi) is 10.8. The Morgan fingerprint density at radius 1 is 1.19 bits per heavy atom. The molecule has 1 aromatic carbocycles. The van der Waals surface area contributed by atoms with Gasteiger partial charge in [0, 0.05) is 39.3 Å². The quantitative estimate of drug-likeness (QED) is 0.406. The van der Waals surface area contributed by atoms with Gasteiger partial charge in [0.2, 0.25) is 0 Å². The van der Waals surface area contributed by atoms with Crippen LogP contribution < -0.4 is 20.1 Å². The number of benzene rings is 1. The van der Waals surface area contributed by atoms with E-state index in [-0.39, 0.29) is 11.5 Å². The van der Waals surface area contributed by atoms with Crippen molar-refractivity contribution < 1.29 is 23.0 Å². The minimum Gasteiger partial charge on any atom is -0.493 e. The van der Waals surface area contributed by atoms with Crippen LogP contribution in [0.5, 0.6) is 11.5 Å². The lowest BCUT2D eigenvalue weighted by molar-refractivity contribution is -0.0512. The Bertz CT molecular complexity index is 683. The van der Waals surface area contributed by atoms with Crippen molar-refractivity contribution in [2.75, 3.05) is 53.6 Å². The van der Waals surface area contributed by atoms with Crippen LogP contribution in [0.1, 0.15) is 25.8 Å². The van der Waals surface area contributed by atoms with Gasteiger partial charge in [0.1, 0.15) is 0 Å². The van der Waals surface area contributed by atoms with Crippen LogP contribution in [0.2, 0.25) is 0 Å². The smallest absolute Gasteiger partial charge is 0.387 e. The predicted octanol–water partition coefficient (Wildman–Crippen LogP) is 2.75. The molecule has 2 N–H and O–H groups in total. The molecule has 1 fully saturated rings. The third-order valence-electron chi connectivity index (χ3n) is 5.18. The molecule has 0 spiro atoms. The summed E-state index contributed by atoms with van der Waals surface area (Å²) in [6.07, 6.45) is 1.73. The van der Waals surface area contributed by atoms with Gasteiger partial charge in [-0.15, -0.1) is 0 Å². The average Bonchev–Trinajstić information content (AvgIpc) is 2.75. The lowest BCUT2D eigenvalue weighted by Gasteiger charge is -2.35. The summed E-state index contributed by atoms with van der Waals surface area (Å²) in [6.45, 7) is 6.44. The van der Waals surface area contributed by atoms with Crippen molar-refractivity contribution in [1.29, 1.82) is 0 Å². The van der Waals surface area contributed by atoms with Crippen LogP contribution in [0.4, 0.5) is 8.78 Å². The third kappa shape index (κ3) is 8.86. The van der Waals surface area contributed by atoms with Gasteiger partial charge in [0.05, 0.1) is 20.3 Å². The summed E-state index contributed by atoms with van der Waals surface area (Å²) in [6, 6.07) is 5.48. The van der Waals surface area contributed by atoms with Gasteiger partial charge in [-0.3, -0.25) is 9.89 Å². The van der Waals surface area contributed by atoms with Crippen molar-refractivity contribution in [1.82, 2.24) is 15.5 Å². The lowest BCUT2D eigenvalue weighted by Crippen LogP contribution is -2.51. The van der Waals surface area contributed by atoms with Gasteiger partial charge >= 0.3 is 6.61 Å². The molecule has 1 aliphatic rings. The van der Waals surface area contributed by atoms with Crippen molar-refractivity contribution in [2.45, 2.75) is 39.3 Å². The summed E-state index contributed by atoms with van der Waals surface area (Å²) in [7, 11) is 3.16. The summed E-state index contributed by atoms with van der Waals surface area (Å²) in [5, 5.41) is 6.72. The number of halogens is 2. The van der Waals surface area contributed by atoms with Crippen molar-refractivity contribution in [3.8, 4) is 11.5 Å². The maximum Gasteiger partial charge on any atom is 0.387 e. The van der Waals surface area contributed by atoms with Crippen LogP contribution in [0.3, 0.4) is 0 Å². The van der Waals surface area contributed by atoms with Crippen LogP contribution in [0, 0.1) is 5.92 Å². The lowest BCUT2D eigenvalue weighted by atomic mass is 10.0. The fourth-order valence-electron chi connectivity index (χ4n) is 3.67. The van der Waals surface area contributed by atoms with Crippen molar-refractivity contribution in [3.05, 3.63) is 23.8 Å². The second-order valence-electron chi connectivity index (χ2n) is 7.93. The summed E-state index contributed by atoms with van der Waals surface area (Å²) in [5.74, 6) is 1.65. The van der Waals surface area contributed by atoms with Crippen LogP contribution in [-0.4, -0.2) is 77.1 Å². The van der Waals surface area contributed by atoms with Crippen LogP contribution in [0.15, 0.2) is 23.2 Å². The van der Waals surface area contributed by atoms with Crippen LogP contribution in [-0.2, 0) is 11.2 Å². The molecule has 7 nitrogen and oxygen atoms in total. The summed E-state index contributed by atoms with van der Waals surface area (Å²) >= 11 is 0. The first-order chi connectivity index (χ1) is 14.9. The number of alkyl halides is 2. The second kappa shape index (κ2) is 13.3. The number of morpholine rings is 1. The summed E-state index contributed by atoms with van der Waals surface area (Å²) in [4.78, 5) is 6.78. The number of methoxy groups -OCH3 is 1. The van der Waals surface area contributed by atoms with Gasteiger partial charge < -0.3 is 24.8 Å². The van der Waals surface area contributed by atoms with Crippen LogP contribution >= 0.6 is 0 Å². The predicted molar refractivity (Wildman–Crippen MR) is 118 cm³/mol. The van der Waals surface area contributed by atoms with Crippen molar-refractivity contribution >= 4 is 5.96 Å². The van der Waals surface area contributed by atoms with Crippen molar-refractivity contribution in [3.63, 3.8) is 0 Å². The van der Waals surface area contributed by atoms with E-state index in [0.717, 1.165) is 50.8 Å². The summed E-state index contributed by atoms with van der Waals surface area (Å²) < 4.78 is 40.3. The molecule has 0 aromatic heterocycles. The van der Waals surface area contributed by atoms with E-state index in [1.165, 1.54) is 7.11 Å². The Hall–Kier alpha value is -2.13. The number of guanidine groups is 1. The fraction of sp³-hybridized carbons (Fsp3) is 0.682. The number of aliphatic imine (C=N–C) groups is 1. The minimum absolute atomic E-state index is 0.0412. The van der Waals surface area contributed by atoms with E-state index in [0.29, 0.717) is 24.9 Å². The molecule has 176 valence electrons. The minimum atomic E-state index is -2.89. The van der Waals surface area contributed by atoms with Gasteiger partial charge in [0.15, 0.2) is 17.5 Å². The highest BCUT2D eigenvalue weighted by atomic mass is 19.3. The molecule has 0 aliphatic carbocycles.